The zero-order valence-electron chi connectivity index (χ0n) is 7.80. The largest absolute Gasteiger partial charge is 0.573 e. The van der Waals surface area contributed by atoms with Crippen molar-refractivity contribution in [3.8, 4) is 17.6 Å². The van der Waals surface area contributed by atoms with E-state index in [1.807, 2.05) is 0 Å². The normalized spacial score (nSPS) is 10.8. The molecule has 0 saturated heterocycles. The highest BCUT2D eigenvalue weighted by Crippen LogP contribution is 2.38. The number of methoxy groups -OCH3 is 1. The molecule has 4 nitrogen and oxygen atoms in total. The molecule has 0 radical (unpaired) electrons. The summed E-state index contributed by atoms with van der Waals surface area (Å²) >= 11 is 2.90. The van der Waals surface area contributed by atoms with Gasteiger partial charge in [0.25, 0.3) is 0 Å². The summed E-state index contributed by atoms with van der Waals surface area (Å²) in [5.74, 6) is -0.843. The average molecular weight is 297 g/mol. The summed E-state index contributed by atoms with van der Waals surface area (Å²) in [7, 11) is 1.16. The van der Waals surface area contributed by atoms with Crippen molar-refractivity contribution in [3.63, 3.8) is 0 Å². The van der Waals surface area contributed by atoms with Crippen molar-refractivity contribution in [2.24, 2.45) is 0 Å². The molecule has 0 atom stereocenters. The van der Waals surface area contributed by atoms with E-state index >= 15 is 0 Å². The SMILES string of the molecule is COc1c(OC(F)(F)F)cnc(C#N)c1Br. The Bertz CT molecular complexity index is 442. The van der Waals surface area contributed by atoms with E-state index in [0.717, 1.165) is 13.3 Å². The lowest BCUT2D eigenvalue weighted by Crippen LogP contribution is -2.18. The summed E-state index contributed by atoms with van der Waals surface area (Å²) in [4.78, 5) is 3.48. The number of aromatic nitrogens is 1. The van der Waals surface area contributed by atoms with Gasteiger partial charge in [0.05, 0.1) is 17.8 Å². The number of rotatable bonds is 2. The molecule has 0 aliphatic heterocycles. The Morgan fingerprint density at radius 1 is 1.50 bits per heavy atom. The quantitative estimate of drug-likeness (QED) is 0.842. The summed E-state index contributed by atoms with van der Waals surface area (Å²) < 4.78 is 44.3. The first kappa shape index (κ1) is 12.6. The number of alkyl halides is 3. The molecule has 0 aliphatic rings. The summed E-state index contributed by atoms with van der Waals surface area (Å²) in [6, 6.07) is 1.69. The van der Waals surface area contributed by atoms with Crippen LogP contribution in [0, 0.1) is 11.3 Å². The van der Waals surface area contributed by atoms with Crippen LogP contribution in [0.1, 0.15) is 5.69 Å². The highest BCUT2D eigenvalue weighted by Gasteiger charge is 2.33. The Morgan fingerprint density at radius 2 is 2.12 bits per heavy atom. The molecule has 0 aromatic carbocycles. The van der Waals surface area contributed by atoms with Gasteiger partial charge in [0.15, 0.2) is 17.2 Å². The molecule has 0 fully saturated rings. The van der Waals surface area contributed by atoms with Crippen LogP contribution in [0.15, 0.2) is 10.7 Å². The van der Waals surface area contributed by atoms with Crippen molar-refractivity contribution in [2.45, 2.75) is 6.36 Å². The van der Waals surface area contributed by atoms with E-state index in [1.165, 1.54) is 0 Å². The molecular weight excluding hydrogens is 293 g/mol. The van der Waals surface area contributed by atoms with Crippen LogP contribution in [0.2, 0.25) is 0 Å². The van der Waals surface area contributed by atoms with E-state index in [1.54, 1.807) is 6.07 Å². The van der Waals surface area contributed by atoms with E-state index in [0.29, 0.717) is 0 Å². The lowest BCUT2D eigenvalue weighted by atomic mass is 10.3. The predicted molar refractivity (Wildman–Crippen MR) is 49.9 cm³/mol. The monoisotopic (exact) mass is 296 g/mol. The molecule has 0 unspecified atom stereocenters. The van der Waals surface area contributed by atoms with E-state index < -0.39 is 12.1 Å². The number of hydrogen-bond donors (Lipinski definition) is 0. The van der Waals surface area contributed by atoms with Gasteiger partial charge in [-0.3, -0.25) is 0 Å². The molecule has 1 rings (SSSR count). The van der Waals surface area contributed by atoms with Gasteiger partial charge in [0.1, 0.15) is 6.07 Å². The summed E-state index contributed by atoms with van der Waals surface area (Å²) in [6.45, 7) is 0. The molecule has 1 aromatic heterocycles. The molecule has 16 heavy (non-hydrogen) atoms. The van der Waals surface area contributed by atoms with Gasteiger partial charge in [-0.2, -0.15) is 5.26 Å². The molecule has 0 N–H and O–H groups in total. The number of nitrogens with zero attached hydrogens (tertiary/aromatic N) is 2. The van der Waals surface area contributed by atoms with Crippen LogP contribution in [0.25, 0.3) is 0 Å². The Labute approximate surface area is 96.7 Å². The molecule has 0 bridgehead atoms. The highest BCUT2D eigenvalue weighted by molar-refractivity contribution is 9.10. The Hall–Kier alpha value is -1.49. The van der Waals surface area contributed by atoms with Crippen LogP contribution in [-0.2, 0) is 0 Å². The molecular formula is C8H4BrF3N2O2. The maximum atomic E-state index is 12.0. The second-order valence-corrected chi connectivity index (χ2v) is 3.27. The topological polar surface area (TPSA) is 55.1 Å². The summed E-state index contributed by atoms with van der Waals surface area (Å²) in [5.41, 5.74) is -0.0913. The number of halogens is 4. The maximum Gasteiger partial charge on any atom is 0.573 e. The summed E-state index contributed by atoms with van der Waals surface area (Å²) in [5, 5.41) is 8.60. The van der Waals surface area contributed by atoms with Gasteiger partial charge in [-0.1, -0.05) is 0 Å². The zero-order chi connectivity index (χ0) is 12.3. The lowest BCUT2D eigenvalue weighted by molar-refractivity contribution is -0.275. The lowest BCUT2D eigenvalue weighted by Gasteiger charge is -2.13. The second-order valence-electron chi connectivity index (χ2n) is 2.48. The van der Waals surface area contributed by atoms with Crippen molar-refractivity contribution in [2.75, 3.05) is 7.11 Å². The zero-order valence-corrected chi connectivity index (χ0v) is 9.39. The number of nitriles is 1. The van der Waals surface area contributed by atoms with Crippen molar-refractivity contribution in [1.82, 2.24) is 4.98 Å². The molecule has 0 saturated carbocycles. The molecule has 0 amide bonds. The average Bonchev–Trinajstić information content (AvgIpc) is 2.16. The molecule has 1 aromatic rings. The van der Waals surface area contributed by atoms with Gasteiger partial charge < -0.3 is 9.47 Å². The summed E-state index contributed by atoms with van der Waals surface area (Å²) in [6.07, 6.45) is -4.07. The Kier molecular flexibility index (Phi) is 3.59. The van der Waals surface area contributed by atoms with E-state index in [4.69, 9.17) is 10.00 Å². The minimum Gasteiger partial charge on any atom is -0.492 e. The third-order valence-corrected chi connectivity index (χ3v) is 2.21. The van der Waals surface area contributed by atoms with E-state index in [2.05, 4.69) is 25.7 Å². The van der Waals surface area contributed by atoms with Crippen LogP contribution in [0.4, 0.5) is 13.2 Å². The van der Waals surface area contributed by atoms with Crippen LogP contribution in [-0.4, -0.2) is 18.5 Å². The first-order valence-corrected chi connectivity index (χ1v) is 4.56. The van der Waals surface area contributed by atoms with Gasteiger partial charge in [0.2, 0.25) is 0 Å². The maximum absolute atomic E-state index is 12.0. The minimum atomic E-state index is -4.84. The fourth-order valence-corrected chi connectivity index (χ4v) is 1.47. The van der Waals surface area contributed by atoms with Crippen LogP contribution >= 0.6 is 15.9 Å². The first-order valence-electron chi connectivity index (χ1n) is 3.77. The van der Waals surface area contributed by atoms with Crippen LogP contribution < -0.4 is 9.47 Å². The fraction of sp³-hybridized carbons (Fsp3) is 0.250. The van der Waals surface area contributed by atoms with Gasteiger partial charge in [-0.25, -0.2) is 4.98 Å². The number of hydrogen-bond acceptors (Lipinski definition) is 4. The van der Waals surface area contributed by atoms with Gasteiger partial charge >= 0.3 is 6.36 Å². The van der Waals surface area contributed by atoms with Crippen LogP contribution in [0.3, 0.4) is 0 Å². The Balaban J connectivity index is 3.22. The van der Waals surface area contributed by atoms with E-state index in [9.17, 15) is 13.2 Å². The van der Waals surface area contributed by atoms with E-state index in [-0.39, 0.29) is 15.9 Å². The van der Waals surface area contributed by atoms with Gasteiger partial charge in [0, 0.05) is 0 Å². The van der Waals surface area contributed by atoms with Crippen molar-refractivity contribution >= 4 is 15.9 Å². The van der Waals surface area contributed by atoms with Crippen molar-refractivity contribution in [3.05, 3.63) is 16.4 Å². The highest BCUT2D eigenvalue weighted by atomic mass is 79.9. The predicted octanol–water partition coefficient (Wildman–Crippen LogP) is 2.62. The molecule has 1 heterocycles. The van der Waals surface area contributed by atoms with Gasteiger partial charge in [-0.05, 0) is 15.9 Å². The molecule has 0 spiro atoms. The fourth-order valence-electron chi connectivity index (χ4n) is 0.920. The van der Waals surface area contributed by atoms with Crippen molar-refractivity contribution < 1.29 is 22.6 Å². The standard InChI is InChI=1S/C8H4BrF3N2O2/c1-15-7-5(16-8(10,11)12)3-14-4(2-13)6(7)9/h3H,1H3. The number of ether oxygens (including phenoxy) is 2. The third-order valence-electron chi connectivity index (χ3n) is 1.48. The first-order chi connectivity index (χ1) is 7.39. The second kappa shape index (κ2) is 4.57. The van der Waals surface area contributed by atoms with Crippen molar-refractivity contribution in [1.29, 1.82) is 5.26 Å². The third kappa shape index (κ3) is 2.76. The molecule has 86 valence electrons. The molecule has 8 heteroatoms. The minimum absolute atomic E-state index is 0.0132. The molecule has 0 aliphatic carbocycles. The number of pyridine rings is 1. The Morgan fingerprint density at radius 3 is 2.56 bits per heavy atom. The van der Waals surface area contributed by atoms with Crippen LogP contribution in [0.5, 0.6) is 11.5 Å². The van der Waals surface area contributed by atoms with Gasteiger partial charge in [-0.15, -0.1) is 13.2 Å². The smallest absolute Gasteiger partial charge is 0.492 e.